The first-order chi connectivity index (χ1) is 59.5. The van der Waals surface area contributed by atoms with Gasteiger partial charge in [0.1, 0.15) is 86.0 Å². The van der Waals surface area contributed by atoms with E-state index in [0.29, 0.717) is 164 Å². The number of aryl methyl sites for hydroxylation is 1. The highest BCUT2D eigenvalue weighted by molar-refractivity contribution is 9.09. The van der Waals surface area contributed by atoms with Crippen molar-refractivity contribution in [3.63, 3.8) is 0 Å². The number of fused-ring (bicyclic) bond motifs is 3. The van der Waals surface area contributed by atoms with Gasteiger partial charge in [0, 0.05) is 36.6 Å². The summed E-state index contributed by atoms with van der Waals surface area (Å²) < 4.78 is 94.8. The summed E-state index contributed by atoms with van der Waals surface area (Å²) in [6, 6.07) is 48.5. The highest BCUT2D eigenvalue weighted by atomic mass is 79.9. The molecule has 5 aromatic carbocycles. The molecular weight excluding hydrogens is 1640 g/mol. The molecule has 3 fully saturated rings. The maximum atomic E-state index is 13.0. The second-order valence-electron chi connectivity index (χ2n) is 28.9. The van der Waals surface area contributed by atoms with Crippen molar-refractivity contribution in [1.29, 1.82) is 0 Å². The van der Waals surface area contributed by atoms with Crippen molar-refractivity contribution < 1.29 is 60.5 Å². The number of alkyl halides is 1. The summed E-state index contributed by atoms with van der Waals surface area (Å²) in [5, 5.41) is 1.23. The first kappa shape index (κ1) is 85.4. The molecule has 14 aromatic rings. The number of halogens is 1. The molecule has 0 spiro atoms. The van der Waals surface area contributed by atoms with Gasteiger partial charge >= 0.3 is 0 Å². The fourth-order valence-electron chi connectivity index (χ4n) is 13.7. The zero-order valence-electron chi connectivity index (χ0n) is 70.3. The van der Waals surface area contributed by atoms with Crippen molar-refractivity contribution in [2.75, 3.05) is 104 Å². The van der Waals surface area contributed by atoms with Crippen LogP contribution in [-0.4, -0.2) is 177 Å². The minimum Gasteiger partial charge on any atom is -0.497 e. The predicted molar refractivity (Wildman–Crippen MR) is 471 cm³/mol. The van der Waals surface area contributed by atoms with Gasteiger partial charge in [-0.05, 0) is 167 Å². The Kier molecular flexibility index (Phi) is 27.7. The molecule has 0 unspecified atom stereocenters. The number of sulfonamides is 1. The second kappa shape index (κ2) is 39.5. The van der Waals surface area contributed by atoms with Crippen molar-refractivity contribution in [1.82, 2.24) is 73.5 Å². The number of nitrogens with zero attached hydrogens (tertiary/aromatic N) is 17. The zero-order valence-corrected chi connectivity index (χ0v) is 72.7. The van der Waals surface area contributed by atoms with Crippen LogP contribution in [0.4, 0.5) is 11.6 Å². The highest BCUT2D eigenvalue weighted by Gasteiger charge is 2.32. The van der Waals surface area contributed by atoms with E-state index in [4.69, 9.17) is 92.0 Å². The SMILES string of the molecule is BrCC1CC1.CCOc1cccc(-c2nc3ncc(CCC4CC4)nc3n2-c2c(OC)cccc2OC)n1.CCOc1cccc(-c2nc3ncc(N(Cc4ccc(OC)cc4)CC4CC4)nc3n2-c2c(OC)cccc2OC)n1.CCOc1cccc(-c2nc3ncc(N(Cc4ccc(OC)cc4)S(C)(=O)=O)nc3n2-c2c(OC)cccc2OC)n1. The number of benzene rings is 5. The fraction of sp³-hybridized carbons (Fsp3) is 0.333. The summed E-state index contributed by atoms with van der Waals surface area (Å²) in [6.07, 6.45) is 16.2. The van der Waals surface area contributed by atoms with Crippen molar-refractivity contribution in [2.24, 2.45) is 17.8 Å². The minimum atomic E-state index is -3.77. The van der Waals surface area contributed by atoms with E-state index >= 15 is 0 Å². The summed E-state index contributed by atoms with van der Waals surface area (Å²) in [7, 11) is 9.10. The van der Waals surface area contributed by atoms with Crippen LogP contribution in [0.15, 0.2) is 176 Å². The van der Waals surface area contributed by atoms with E-state index in [0.717, 1.165) is 65.9 Å². The molecule has 3 saturated carbocycles. The fourth-order valence-corrected chi connectivity index (χ4v) is 15.1. The van der Waals surface area contributed by atoms with Gasteiger partial charge < -0.3 is 57.0 Å². The van der Waals surface area contributed by atoms with Gasteiger partial charge in [0.25, 0.3) is 0 Å². The third kappa shape index (κ3) is 20.0. The van der Waals surface area contributed by atoms with Crippen LogP contribution in [0.5, 0.6) is 63.6 Å². The number of anilines is 2. The monoisotopic (exact) mass is 1740 g/mol. The van der Waals surface area contributed by atoms with Crippen molar-refractivity contribution >= 4 is 71.5 Å². The van der Waals surface area contributed by atoms with Crippen LogP contribution in [0, 0.1) is 17.8 Å². The van der Waals surface area contributed by atoms with Gasteiger partial charge in [-0.1, -0.05) is 89.4 Å². The molecule has 0 N–H and O–H groups in total. The lowest BCUT2D eigenvalue weighted by atomic mass is 10.2. The van der Waals surface area contributed by atoms with Crippen LogP contribution in [0.25, 0.3) is 85.5 Å². The van der Waals surface area contributed by atoms with Gasteiger partial charge in [-0.3, -0.25) is 13.7 Å². The maximum absolute atomic E-state index is 13.0. The molecule has 9 heterocycles. The lowest BCUT2D eigenvalue weighted by Crippen LogP contribution is -2.30. The van der Waals surface area contributed by atoms with Crippen LogP contribution in [-0.2, 0) is 29.5 Å². The first-order valence-corrected chi connectivity index (χ1v) is 43.2. The van der Waals surface area contributed by atoms with Crippen molar-refractivity contribution in [3.8, 4) is 115 Å². The van der Waals surface area contributed by atoms with Gasteiger partial charge in [0.15, 0.2) is 57.2 Å². The molecule has 32 heteroatoms. The topological polar surface area (TPSA) is 312 Å². The third-order valence-electron chi connectivity index (χ3n) is 20.3. The van der Waals surface area contributed by atoms with E-state index in [-0.39, 0.29) is 23.7 Å². The Balaban J connectivity index is 0.000000146. The molecule has 3 aliphatic rings. The lowest BCUT2D eigenvalue weighted by molar-refractivity contribution is 0.327. The average Bonchev–Trinajstić information content (AvgIpc) is 1.60. The smallest absolute Gasteiger partial charge is 0.233 e. The van der Waals surface area contributed by atoms with Crippen LogP contribution >= 0.6 is 15.9 Å². The van der Waals surface area contributed by atoms with E-state index < -0.39 is 10.0 Å². The van der Waals surface area contributed by atoms with E-state index in [1.807, 2.05) is 127 Å². The first-order valence-electron chi connectivity index (χ1n) is 40.3. The Labute approximate surface area is 716 Å². The molecule has 0 bridgehead atoms. The largest absolute Gasteiger partial charge is 0.497 e. The van der Waals surface area contributed by atoms with Crippen LogP contribution in [0.3, 0.4) is 0 Å². The van der Waals surface area contributed by atoms with Crippen molar-refractivity contribution in [3.05, 3.63) is 193 Å². The van der Waals surface area contributed by atoms with Gasteiger partial charge in [-0.25, -0.2) is 72.5 Å². The van der Waals surface area contributed by atoms with Crippen molar-refractivity contribution in [2.45, 2.75) is 85.2 Å². The standard InChI is InChI=1S/C32H34N6O4.C29H30N6O6S.C25H27N5O3.C4H7Br/c1-5-42-28-11-6-8-24(34-28)31-36-30-32(38(31)29-25(40-3)9-7-10-26(29)41-4)35-27(18-33-30)37(19-21-12-13-21)20-22-14-16-23(39-2)17-15-22;1-6-41-25-12-7-9-21(31-25)28-33-27-29(35(28)26-22(39-3)10-8-11-23(26)40-4)32-24(17-30-27)34(42(5,36)37)18-19-13-15-20(38-2)16-14-19;1-4-33-21-10-5-7-18(28-21)24-29-23-25(27-17(15-26-23)14-13-16-11-12-16)30(24)22-19(31-2)8-6-9-20(22)32-3;5-3-4-1-2-4/h6-11,14-18,21H,5,12-13,19-20H2,1-4H3;7-17H,6,18H2,1-5H3;5-10,15-16H,4,11-14H2,1-3H3;4H,1-3H2. The number of hydrogen-bond acceptors (Lipinski definition) is 26. The predicted octanol–water partition coefficient (Wildman–Crippen LogP) is 16.4. The average molecular weight is 1740 g/mol. The molecule has 0 aliphatic heterocycles. The molecule has 17 rings (SSSR count). The van der Waals surface area contributed by atoms with Crippen LogP contribution in [0.2, 0.25) is 0 Å². The third-order valence-corrected chi connectivity index (χ3v) is 22.4. The Hall–Kier alpha value is -13.0. The van der Waals surface area contributed by atoms with E-state index in [2.05, 4.69) is 52.9 Å². The van der Waals surface area contributed by atoms with Gasteiger partial charge in [-0.15, -0.1) is 0 Å². The second-order valence-corrected chi connectivity index (χ2v) is 31.4. The molecule has 30 nitrogen and oxygen atoms in total. The lowest BCUT2D eigenvalue weighted by Gasteiger charge is -2.24. The number of aromatic nitrogens is 15. The number of imidazole rings is 3. The molecule has 634 valence electrons. The van der Waals surface area contributed by atoms with Gasteiger partial charge in [-0.2, -0.15) is 0 Å². The Morgan fingerprint density at radius 1 is 0.393 bits per heavy atom. The zero-order chi connectivity index (χ0) is 85.4. The number of rotatable bonds is 33. The van der Waals surface area contributed by atoms with E-state index in [9.17, 15) is 8.42 Å². The Morgan fingerprint density at radius 3 is 1.09 bits per heavy atom. The Morgan fingerprint density at radius 2 is 0.746 bits per heavy atom. The summed E-state index contributed by atoms with van der Waals surface area (Å²) in [6.45, 7) is 8.82. The molecular formula is C90H98BrN17O13S. The molecule has 0 amide bonds. The minimum absolute atomic E-state index is 0.0277. The molecule has 122 heavy (non-hydrogen) atoms. The molecule has 0 atom stereocenters. The normalized spacial score (nSPS) is 12.9. The van der Waals surface area contributed by atoms with Crippen LogP contribution in [0.1, 0.15) is 82.5 Å². The molecule has 0 radical (unpaired) electrons. The summed E-state index contributed by atoms with van der Waals surface area (Å²) >= 11 is 3.38. The highest BCUT2D eigenvalue weighted by Crippen LogP contribution is 2.44. The molecule has 9 aromatic heterocycles. The summed E-state index contributed by atoms with van der Waals surface area (Å²) in [4.78, 5) is 59.8. The molecule has 3 aliphatic carbocycles. The van der Waals surface area contributed by atoms with Gasteiger partial charge in [0.2, 0.25) is 27.7 Å². The number of para-hydroxylation sites is 3. The number of ether oxygens (including phenoxy) is 11. The number of methoxy groups -OCH3 is 8. The van der Waals surface area contributed by atoms with Crippen LogP contribution < -0.4 is 61.3 Å². The summed E-state index contributed by atoms with van der Waals surface area (Å²) in [5.41, 5.74) is 9.24. The Bertz CT molecular complexity index is 5980. The van der Waals surface area contributed by atoms with E-state index in [1.165, 1.54) is 54.4 Å². The number of pyridine rings is 3. The quantitative estimate of drug-likeness (QED) is 0.0345. The maximum Gasteiger partial charge on any atom is 0.233 e. The van der Waals surface area contributed by atoms with Gasteiger partial charge in [0.05, 0.1) is 114 Å². The molecule has 0 saturated heterocycles. The number of hydrogen-bond donors (Lipinski definition) is 0. The van der Waals surface area contributed by atoms with E-state index in [1.54, 1.807) is 122 Å². The summed E-state index contributed by atoms with van der Waals surface area (Å²) in [5.74, 6) is 11.3.